The summed E-state index contributed by atoms with van der Waals surface area (Å²) in [6, 6.07) is 0.301. The highest BCUT2D eigenvalue weighted by Gasteiger charge is 2.24. The quantitative estimate of drug-likeness (QED) is 0.601. The summed E-state index contributed by atoms with van der Waals surface area (Å²) in [5, 5.41) is 11.7. The molecule has 0 saturated heterocycles. The number of nitrogens with one attached hydrogen (secondary N) is 1. The van der Waals surface area contributed by atoms with E-state index in [1.807, 2.05) is 4.57 Å². The van der Waals surface area contributed by atoms with Gasteiger partial charge in [-0.25, -0.2) is 0 Å². The number of carbonyl (C=O) groups excluding carboxylic acids is 2. The molecule has 7 nitrogen and oxygen atoms in total. The van der Waals surface area contributed by atoms with E-state index in [-0.39, 0.29) is 18.3 Å². The number of hydrogen-bond donors (Lipinski definition) is 1. The molecule has 1 amide bonds. The van der Waals surface area contributed by atoms with E-state index in [2.05, 4.69) is 15.5 Å². The van der Waals surface area contributed by atoms with E-state index in [9.17, 15) is 9.59 Å². The Hall–Kier alpha value is -1.57. The van der Waals surface area contributed by atoms with E-state index in [0.29, 0.717) is 29.4 Å². The minimum absolute atomic E-state index is 0.0554. The lowest BCUT2D eigenvalue weighted by Crippen LogP contribution is -2.22. The maximum absolute atomic E-state index is 11.8. The number of carbonyl (C=O) groups is 2. The van der Waals surface area contributed by atoms with Crippen LogP contribution in [0.3, 0.4) is 0 Å². The predicted octanol–water partition coefficient (Wildman–Crippen LogP) is 1.73. The predicted molar refractivity (Wildman–Crippen MR) is 87.3 cm³/mol. The normalized spacial score (nSPS) is 15.4. The van der Waals surface area contributed by atoms with Crippen LogP contribution in [0, 0.1) is 0 Å². The van der Waals surface area contributed by atoms with Gasteiger partial charge in [-0.05, 0) is 19.8 Å². The number of rotatable bonds is 7. The summed E-state index contributed by atoms with van der Waals surface area (Å²) in [7, 11) is 1.61. The number of aromatic nitrogens is 3. The molecule has 0 aromatic carbocycles. The van der Waals surface area contributed by atoms with Gasteiger partial charge < -0.3 is 14.6 Å². The standard InChI is InChI=1S/C15H24N4O3S/c1-3-22-14(21)9-12-17-18-15(23-10-13(20)16-2)19(12)11-7-5-4-6-8-11/h11H,3-10H2,1-2H3,(H,16,20). The van der Waals surface area contributed by atoms with E-state index in [1.165, 1.54) is 31.0 Å². The van der Waals surface area contributed by atoms with Crippen LogP contribution in [0.2, 0.25) is 0 Å². The van der Waals surface area contributed by atoms with E-state index < -0.39 is 0 Å². The van der Waals surface area contributed by atoms with Gasteiger partial charge in [0.05, 0.1) is 12.4 Å². The first kappa shape index (κ1) is 17.8. The van der Waals surface area contributed by atoms with Gasteiger partial charge in [0.1, 0.15) is 12.2 Å². The second kappa shape index (κ2) is 8.90. The molecule has 1 aliphatic carbocycles. The van der Waals surface area contributed by atoms with Gasteiger partial charge in [0.2, 0.25) is 5.91 Å². The van der Waals surface area contributed by atoms with Gasteiger partial charge in [-0.2, -0.15) is 0 Å². The molecule has 1 fully saturated rings. The lowest BCUT2D eigenvalue weighted by molar-refractivity contribution is -0.142. The largest absolute Gasteiger partial charge is 0.466 e. The van der Waals surface area contributed by atoms with Gasteiger partial charge in [0, 0.05) is 13.1 Å². The molecule has 0 aliphatic heterocycles. The van der Waals surface area contributed by atoms with Crippen molar-refractivity contribution >= 4 is 23.6 Å². The molecular weight excluding hydrogens is 316 g/mol. The summed E-state index contributed by atoms with van der Waals surface area (Å²) in [6.45, 7) is 2.14. The van der Waals surface area contributed by atoms with Crippen molar-refractivity contribution in [2.45, 2.75) is 56.6 Å². The van der Waals surface area contributed by atoms with Crippen molar-refractivity contribution in [3.05, 3.63) is 5.82 Å². The molecule has 1 aromatic rings. The molecule has 1 aliphatic rings. The van der Waals surface area contributed by atoms with E-state index in [1.54, 1.807) is 14.0 Å². The first-order valence-electron chi connectivity index (χ1n) is 8.08. The summed E-state index contributed by atoms with van der Waals surface area (Å²) in [5.74, 6) is 0.579. The fourth-order valence-electron chi connectivity index (χ4n) is 2.78. The Kier molecular flexibility index (Phi) is 6.88. The van der Waals surface area contributed by atoms with Crippen molar-refractivity contribution in [3.8, 4) is 0 Å². The molecule has 0 bridgehead atoms. The fraction of sp³-hybridized carbons (Fsp3) is 0.733. The van der Waals surface area contributed by atoms with Gasteiger partial charge in [0.25, 0.3) is 0 Å². The monoisotopic (exact) mass is 340 g/mol. The third-order valence-electron chi connectivity index (χ3n) is 3.89. The van der Waals surface area contributed by atoms with Crippen LogP contribution in [0.25, 0.3) is 0 Å². The second-order valence-electron chi connectivity index (χ2n) is 5.50. The molecule has 1 aromatic heterocycles. The average molecular weight is 340 g/mol. The summed E-state index contributed by atoms with van der Waals surface area (Å²) in [5.41, 5.74) is 0. The minimum atomic E-state index is -0.292. The SMILES string of the molecule is CCOC(=O)Cc1nnc(SCC(=O)NC)n1C1CCCCC1. The molecule has 2 rings (SSSR count). The van der Waals surface area contributed by atoms with Gasteiger partial charge in [-0.1, -0.05) is 31.0 Å². The highest BCUT2D eigenvalue weighted by Crippen LogP contribution is 2.32. The summed E-state index contributed by atoms with van der Waals surface area (Å²) >= 11 is 1.36. The Balaban J connectivity index is 2.17. The lowest BCUT2D eigenvalue weighted by atomic mass is 9.95. The molecule has 0 unspecified atom stereocenters. The first-order chi connectivity index (χ1) is 11.2. The van der Waals surface area contributed by atoms with Gasteiger partial charge in [-0.3, -0.25) is 9.59 Å². The number of esters is 1. The van der Waals surface area contributed by atoms with Crippen LogP contribution in [0.5, 0.6) is 0 Å². The maximum atomic E-state index is 11.8. The minimum Gasteiger partial charge on any atom is -0.466 e. The van der Waals surface area contributed by atoms with Gasteiger partial charge >= 0.3 is 5.97 Å². The molecule has 8 heteroatoms. The zero-order chi connectivity index (χ0) is 16.7. The highest BCUT2D eigenvalue weighted by molar-refractivity contribution is 7.99. The van der Waals surface area contributed by atoms with Crippen molar-refractivity contribution in [3.63, 3.8) is 0 Å². The second-order valence-corrected chi connectivity index (χ2v) is 6.45. The number of thioether (sulfide) groups is 1. The third-order valence-corrected chi connectivity index (χ3v) is 4.84. The number of hydrogen-bond acceptors (Lipinski definition) is 6. The molecule has 1 saturated carbocycles. The van der Waals surface area contributed by atoms with Crippen LogP contribution in [0.15, 0.2) is 5.16 Å². The zero-order valence-corrected chi connectivity index (χ0v) is 14.5. The van der Waals surface area contributed by atoms with E-state index in [0.717, 1.165) is 12.8 Å². The van der Waals surface area contributed by atoms with Crippen molar-refractivity contribution in [2.75, 3.05) is 19.4 Å². The van der Waals surface area contributed by atoms with Crippen LogP contribution >= 0.6 is 11.8 Å². The van der Waals surface area contributed by atoms with Crippen molar-refractivity contribution in [1.29, 1.82) is 0 Å². The summed E-state index contributed by atoms with van der Waals surface area (Å²) in [6.07, 6.45) is 5.82. The highest BCUT2D eigenvalue weighted by atomic mass is 32.2. The number of nitrogens with zero attached hydrogens (tertiary/aromatic N) is 3. The maximum Gasteiger partial charge on any atom is 0.313 e. The molecule has 0 spiro atoms. The van der Waals surface area contributed by atoms with Gasteiger partial charge in [-0.15, -0.1) is 10.2 Å². The Morgan fingerprint density at radius 2 is 2.04 bits per heavy atom. The van der Waals surface area contributed by atoms with Crippen molar-refractivity contribution < 1.29 is 14.3 Å². The van der Waals surface area contributed by atoms with Crippen LogP contribution < -0.4 is 5.32 Å². The van der Waals surface area contributed by atoms with Crippen molar-refractivity contribution in [1.82, 2.24) is 20.1 Å². The zero-order valence-electron chi connectivity index (χ0n) is 13.7. The molecule has 0 atom stereocenters. The summed E-state index contributed by atoms with van der Waals surface area (Å²) in [4.78, 5) is 23.3. The Bertz CT molecular complexity index is 541. The van der Waals surface area contributed by atoms with Crippen LogP contribution in [-0.2, 0) is 20.7 Å². The van der Waals surface area contributed by atoms with E-state index in [4.69, 9.17) is 4.74 Å². The van der Waals surface area contributed by atoms with E-state index >= 15 is 0 Å². The van der Waals surface area contributed by atoms with Gasteiger partial charge in [0.15, 0.2) is 5.16 Å². The van der Waals surface area contributed by atoms with Crippen molar-refractivity contribution in [2.24, 2.45) is 0 Å². The average Bonchev–Trinajstić information content (AvgIpc) is 2.96. The van der Waals surface area contributed by atoms with Crippen LogP contribution in [0.4, 0.5) is 0 Å². The number of amides is 1. The molecule has 1 N–H and O–H groups in total. The Morgan fingerprint density at radius 3 is 2.70 bits per heavy atom. The Morgan fingerprint density at radius 1 is 1.30 bits per heavy atom. The first-order valence-corrected chi connectivity index (χ1v) is 9.07. The molecule has 1 heterocycles. The summed E-state index contributed by atoms with van der Waals surface area (Å²) < 4.78 is 7.07. The topological polar surface area (TPSA) is 86.1 Å². The lowest BCUT2D eigenvalue weighted by Gasteiger charge is -2.25. The van der Waals surface area contributed by atoms with Crippen LogP contribution in [-0.4, -0.2) is 46.0 Å². The third kappa shape index (κ3) is 4.95. The molecule has 128 valence electrons. The Labute approximate surface area is 140 Å². The fourth-order valence-corrected chi connectivity index (χ4v) is 3.67. The molecular formula is C15H24N4O3S. The van der Waals surface area contributed by atoms with Crippen LogP contribution in [0.1, 0.15) is 50.9 Å². The smallest absolute Gasteiger partial charge is 0.313 e. The number of ether oxygens (including phenoxy) is 1. The molecule has 0 radical (unpaired) electrons. The molecule has 23 heavy (non-hydrogen) atoms.